The van der Waals surface area contributed by atoms with E-state index in [0.717, 1.165) is 33.6 Å². The first-order chi connectivity index (χ1) is 13.0. The van der Waals surface area contributed by atoms with Crippen molar-refractivity contribution in [2.45, 2.75) is 26.7 Å². The van der Waals surface area contributed by atoms with Crippen molar-refractivity contribution in [2.75, 3.05) is 23.4 Å². The summed E-state index contributed by atoms with van der Waals surface area (Å²) >= 11 is 3.45. The third kappa shape index (κ3) is 4.50. The second-order valence-corrected chi connectivity index (χ2v) is 7.39. The summed E-state index contributed by atoms with van der Waals surface area (Å²) in [5.74, 6) is 0.251. The molecule has 1 fully saturated rings. The number of hydrogen-bond acceptors (Lipinski definition) is 3. The van der Waals surface area contributed by atoms with E-state index >= 15 is 0 Å². The highest BCUT2D eigenvalue weighted by Crippen LogP contribution is 2.28. The third-order valence-electron chi connectivity index (χ3n) is 4.66. The Kier molecular flexibility index (Phi) is 6.16. The molecule has 1 heterocycles. The summed E-state index contributed by atoms with van der Waals surface area (Å²) in [5.41, 5.74) is 2.65. The number of anilines is 2. The summed E-state index contributed by atoms with van der Waals surface area (Å²) in [5, 5.41) is 2.99. The molecule has 0 unspecified atom stereocenters. The first-order valence-corrected chi connectivity index (χ1v) is 9.93. The number of halogens is 1. The predicted molar refractivity (Wildman–Crippen MR) is 110 cm³/mol. The smallest absolute Gasteiger partial charge is 0.229 e. The average molecular weight is 431 g/mol. The van der Waals surface area contributed by atoms with Gasteiger partial charge in [-0.3, -0.25) is 9.59 Å². The molecule has 1 aliphatic heterocycles. The van der Waals surface area contributed by atoms with Gasteiger partial charge in [-0.2, -0.15) is 0 Å². The van der Waals surface area contributed by atoms with Gasteiger partial charge >= 0.3 is 0 Å². The summed E-state index contributed by atoms with van der Waals surface area (Å²) in [6, 6.07) is 13.2. The molecule has 1 saturated heterocycles. The molecule has 1 N–H and O–H groups in total. The maximum absolute atomic E-state index is 12.7. The zero-order valence-electron chi connectivity index (χ0n) is 15.5. The average Bonchev–Trinajstić information content (AvgIpc) is 3.06. The number of nitrogens with one attached hydrogen (secondary N) is 1. The van der Waals surface area contributed by atoms with Gasteiger partial charge in [0.15, 0.2) is 0 Å². The van der Waals surface area contributed by atoms with Crippen molar-refractivity contribution >= 4 is 39.1 Å². The highest BCUT2D eigenvalue weighted by atomic mass is 79.9. The summed E-state index contributed by atoms with van der Waals surface area (Å²) in [6.07, 6.45) is 1.04. The van der Waals surface area contributed by atoms with E-state index in [1.165, 1.54) is 0 Å². The molecule has 0 aliphatic carbocycles. The lowest BCUT2D eigenvalue weighted by atomic mass is 10.1. The van der Waals surface area contributed by atoms with Crippen molar-refractivity contribution in [3.05, 3.63) is 52.5 Å². The summed E-state index contributed by atoms with van der Waals surface area (Å²) in [6.45, 7) is 4.96. The lowest BCUT2D eigenvalue weighted by molar-refractivity contribution is -0.122. The maximum atomic E-state index is 12.7. The Morgan fingerprint density at radius 3 is 2.63 bits per heavy atom. The maximum Gasteiger partial charge on any atom is 0.229 e. The van der Waals surface area contributed by atoms with Gasteiger partial charge < -0.3 is 15.0 Å². The van der Waals surface area contributed by atoms with Crippen molar-refractivity contribution in [1.82, 2.24) is 0 Å². The van der Waals surface area contributed by atoms with Crippen LogP contribution in [-0.2, 0) is 16.0 Å². The quantitative estimate of drug-likeness (QED) is 0.738. The number of benzene rings is 2. The fourth-order valence-corrected chi connectivity index (χ4v) is 3.64. The van der Waals surface area contributed by atoms with Crippen LogP contribution in [0, 0.1) is 5.92 Å². The molecule has 27 heavy (non-hydrogen) atoms. The molecule has 5 nitrogen and oxygen atoms in total. The molecule has 2 amide bonds. The zero-order valence-corrected chi connectivity index (χ0v) is 17.1. The number of hydrogen-bond donors (Lipinski definition) is 1. The molecular formula is C21H23BrN2O3. The van der Waals surface area contributed by atoms with Crippen LogP contribution in [0.3, 0.4) is 0 Å². The molecule has 3 rings (SSSR count). The minimum absolute atomic E-state index is 0.0363. The number of aryl methyl sites for hydroxylation is 1. The second kappa shape index (κ2) is 8.57. The fraction of sp³-hybridized carbons (Fsp3) is 0.333. The number of amides is 2. The Morgan fingerprint density at radius 1 is 1.22 bits per heavy atom. The van der Waals surface area contributed by atoms with Crippen molar-refractivity contribution in [3.8, 4) is 5.75 Å². The Labute approximate surface area is 167 Å². The minimum atomic E-state index is -0.363. The van der Waals surface area contributed by atoms with E-state index in [9.17, 15) is 9.59 Å². The number of nitrogens with zero attached hydrogens (tertiary/aromatic N) is 1. The largest absolute Gasteiger partial charge is 0.494 e. The molecule has 142 valence electrons. The molecular weight excluding hydrogens is 408 g/mol. The van der Waals surface area contributed by atoms with Gasteiger partial charge in [-0.1, -0.05) is 22.9 Å². The molecule has 0 saturated carbocycles. The van der Waals surface area contributed by atoms with E-state index in [1.807, 2.05) is 56.3 Å². The first kappa shape index (κ1) is 19.4. The third-order valence-corrected chi connectivity index (χ3v) is 5.15. The molecule has 0 aromatic heterocycles. The van der Waals surface area contributed by atoms with Gasteiger partial charge in [0.2, 0.25) is 11.8 Å². The standard InChI is InChI=1S/C21H23BrN2O3/c1-3-14-11-16(22)5-10-19(14)23-21(26)15-12-20(25)24(13-15)17-6-8-18(9-7-17)27-4-2/h5-11,15H,3-4,12-13H2,1-2H3,(H,23,26)/t15-/m0/s1. The van der Waals surface area contributed by atoms with Gasteiger partial charge in [0.25, 0.3) is 0 Å². The van der Waals surface area contributed by atoms with E-state index in [1.54, 1.807) is 4.90 Å². The molecule has 0 spiro atoms. The Hall–Kier alpha value is -2.34. The zero-order chi connectivity index (χ0) is 19.4. The second-order valence-electron chi connectivity index (χ2n) is 6.48. The van der Waals surface area contributed by atoms with Crippen LogP contribution in [0.15, 0.2) is 46.9 Å². The van der Waals surface area contributed by atoms with Crippen LogP contribution in [0.5, 0.6) is 5.75 Å². The van der Waals surface area contributed by atoms with E-state index in [0.29, 0.717) is 13.2 Å². The Balaban J connectivity index is 1.68. The fourth-order valence-electron chi connectivity index (χ4n) is 3.23. The molecule has 2 aromatic rings. The van der Waals surface area contributed by atoms with E-state index in [4.69, 9.17) is 4.74 Å². The topological polar surface area (TPSA) is 58.6 Å². The van der Waals surface area contributed by atoms with E-state index in [-0.39, 0.29) is 24.2 Å². The number of ether oxygens (including phenoxy) is 1. The van der Waals surface area contributed by atoms with Gasteiger partial charge in [-0.25, -0.2) is 0 Å². The summed E-state index contributed by atoms with van der Waals surface area (Å²) in [4.78, 5) is 26.8. The van der Waals surface area contributed by atoms with Crippen molar-refractivity contribution in [3.63, 3.8) is 0 Å². The van der Waals surface area contributed by atoms with Gasteiger partial charge in [-0.15, -0.1) is 0 Å². The number of carbonyl (C=O) groups is 2. The SMILES string of the molecule is CCOc1ccc(N2C[C@@H](C(=O)Nc3ccc(Br)cc3CC)CC2=O)cc1. The van der Waals surface area contributed by atoms with Crippen LogP contribution in [0.1, 0.15) is 25.8 Å². The minimum Gasteiger partial charge on any atom is -0.494 e. The molecule has 0 bridgehead atoms. The van der Waals surface area contributed by atoms with Crippen LogP contribution in [0.25, 0.3) is 0 Å². The summed E-state index contributed by atoms with van der Waals surface area (Å²) < 4.78 is 6.42. The van der Waals surface area contributed by atoms with Gasteiger partial charge in [0, 0.05) is 28.8 Å². The van der Waals surface area contributed by atoms with Gasteiger partial charge in [0.05, 0.1) is 12.5 Å². The molecule has 2 aromatic carbocycles. The lowest BCUT2D eigenvalue weighted by Gasteiger charge is -2.17. The lowest BCUT2D eigenvalue weighted by Crippen LogP contribution is -2.28. The molecule has 1 atom stereocenters. The molecule has 1 aliphatic rings. The van der Waals surface area contributed by atoms with Crippen LogP contribution in [0.2, 0.25) is 0 Å². The number of rotatable bonds is 6. The van der Waals surface area contributed by atoms with Crippen LogP contribution >= 0.6 is 15.9 Å². The van der Waals surface area contributed by atoms with Crippen LogP contribution in [0.4, 0.5) is 11.4 Å². The van der Waals surface area contributed by atoms with Gasteiger partial charge in [-0.05, 0) is 61.4 Å². The Morgan fingerprint density at radius 2 is 1.96 bits per heavy atom. The van der Waals surface area contributed by atoms with Crippen molar-refractivity contribution in [2.24, 2.45) is 5.92 Å². The Bertz CT molecular complexity index is 836. The molecule has 0 radical (unpaired) electrons. The first-order valence-electron chi connectivity index (χ1n) is 9.14. The van der Waals surface area contributed by atoms with Crippen molar-refractivity contribution < 1.29 is 14.3 Å². The highest BCUT2D eigenvalue weighted by molar-refractivity contribution is 9.10. The van der Waals surface area contributed by atoms with Gasteiger partial charge in [0.1, 0.15) is 5.75 Å². The van der Waals surface area contributed by atoms with E-state index in [2.05, 4.69) is 21.2 Å². The summed E-state index contributed by atoms with van der Waals surface area (Å²) in [7, 11) is 0. The number of carbonyl (C=O) groups excluding carboxylic acids is 2. The monoisotopic (exact) mass is 430 g/mol. The van der Waals surface area contributed by atoms with E-state index < -0.39 is 0 Å². The normalized spacial score (nSPS) is 16.5. The predicted octanol–water partition coefficient (Wildman–Crippen LogP) is 4.40. The van der Waals surface area contributed by atoms with Crippen LogP contribution < -0.4 is 15.0 Å². The highest BCUT2D eigenvalue weighted by Gasteiger charge is 2.35. The molecule has 6 heteroatoms. The van der Waals surface area contributed by atoms with Crippen LogP contribution in [-0.4, -0.2) is 25.0 Å². The van der Waals surface area contributed by atoms with Crippen molar-refractivity contribution in [1.29, 1.82) is 0 Å².